The minimum absolute atomic E-state index is 0.00605. The highest BCUT2D eigenvalue weighted by Crippen LogP contribution is 2.28. The summed E-state index contributed by atoms with van der Waals surface area (Å²) in [6.07, 6.45) is 0. The number of anilines is 2. The Balaban J connectivity index is 1.64. The summed E-state index contributed by atoms with van der Waals surface area (Å²) in [5, 5.41) is 2.56. The fourth-order valence-corrected chi connectivity index (χ4v) is 5.28. The lowest BCUT2D eigenvalue weighted by Crippen LogP contribution is -2.38. The SMILES string of the molecule is COC(=O)c1cc(NC(=O)CN(c2ccc(Oc3ccccc3)cc2)S(=O)(=O)c2ccccc2)cc(C(=O)OC)c1. The van der Waals surface area contributed by atoms with Crippen molar-refractivity contribution in [3.05, 3.63) is 114 Å². The third-order valence-corrected chi connectivity index (χ3v) is 7.57. The molecule has 10 nitrogen and oxygen atoms in total. The summed E-state index contributed by atoms with van der Waals surface area (Å²) in [5.74, 6) is -1.13. The molecule has 0 saturated heterocycles. The Morgan fingerprint density at radius 2 is 1.22 bits per heavy atom. The maximum Gasteiger partial charge on any atom is 0.337 e. The summed E-state index contributed by atoms with van der Waals surface area (Å²) in [5.41, 5.74) is 0.270. The number of methoxy groups -OCH3 is 2. The van der Waals surface area contributed by atoms with Crippen LogP contribution in [0, 0.1) is 0 Å². The van der Waals surface area contributed by atoms with Gasteiger partial charge in [-0.15, -0.1) is 0 Å². The van der Waals surface area contributed by atoms with Gasteiger partial charge in [0.15, 0.2) is 0 Å². The number of amides is 1. The van der Waals surface area contributed by atoms with Crippen LogP contribution in [0.5, 0.6) is 11.5 Å². The Bertz CT molecular complexity index is 1610. The molecule has 4 aromatic rings. The zero-order chi connectivity index (χ0) is 29.4. The molecule has 1 N–H and O–H groups in total. The van der Waals surface area contributed by atoms with Gasteiger partial charge in [-0.2, -0.15) is 0 Å². The van der Waals surface area contributed by atoms with Crippen LogP contribution < -0.4 is 14.4 Å². The number of nitrogens with zero attached hydrogens (tertiary/aromatic N) is 1. The molecule has 0 spiro atoms. The number of carbonyl (C=O) groups excluding carboxylic acids is 3. The number of benzene rings is 4. The van der Waals surface area contributed by atoms with Crippen LogP contribution in [0.4, 0.5) is 11.4 Å². The Morgan fingerprint density at radius 3 is 1.76 bits per heavy atom. The van der Waals surface area contributed by atoms with Gasteiger partial charge in [-0.05, 0) is 66.7 Å². The normalized spacial score (nSPS) is 10.8. The minimum Gasteiger partial charge on any atom is -0.465 e. The van der Waals surface area contributed by atoms with E-state index in [1.54, 1.807) is 42.5 Å². The van der Waals surface area contributed by atoms with Crippen molar-refractivity contribution in [1.82, 2.24) is 0 Å². The molecular weight excluding hydrogens is 548 g/mol. The minimum atomic E-state index is -4.18. The lowest BCUT2D eigenvalue weighted by molar-refractivity contribution is -0.114. The first-order valence-corrected chi connectivity index (χ1v) is 13.7. The molecule has 0 saturated carbocycles. The van der Waals surface area contributed by atoms with Gasteiger partial charge in [0, 0.05) is 5.69 Å². The van der Waals surface area contributed by atoms with Gasteiger partial charge in [0.05, 0.1) is 35.9 Å². The number of hydrogen-bond donors (Lipinski definition) is 1. The molecule has 0 unspecified atom stereocenters. The standard InChI is InChI=1S/C30H26N2O8S/c1-38-29(34)21-17-22(30(35)39-2)19-23(18-21)31-28(33)20-32(41(36,37)27-11-7-4-8-12-27)24-13-15-26(16-14-24)40-25-9-5-3-6-10-25/h3-19H,20H2,1-2H3,(H,31,33). The average Bonchev–Trinajstić information content (AvgIpc) is 3.00. The van der Waals surface area contributed by atoms with E-state index in [0.717, 1.165) is 4.31 Å². The van der Waals surface area contributed by atoms with Crippen LogP contribution in [-0.4, -0.2) is 47.0 Å². The van der Waals surface area contributed by atoms with Crippen LogP contribution in [0.2, 0.25) is 0 Å². The molecule has 4 aromatic carbocycles. The Hall–Kier alpha value is -5.16. The van der Waals surface area contributed by atoms with Gasteiger partial charge in [-0.25, -0.2) is 18.0 Å². The van der Waals surface area contributed by atoms with Gasteiger partial charge in [0.1, 0.15) is 18.0 Å². The third kappa shape index (κ3) is 7.08. The van der Waals surface area contributed by atoms with Crippen LogP contribution in [-0.2, 0) is 24.3 Å². The Morgan fingerprint density at radius 1 is 0.707 bits per heavy atom. The summed E-state index contributed by atoms with van der Waals surface area (Å²) < 4.78 is 43.5. The summed E-state index contributed by atoms with van der Waals surface area (Å²) >= 11 is 0. The largest absolute Gasteiger partial charge is 0.465 e. The van der Waals surface area contributed by atoms with Crippen molar-refractivity contribution in [3.63, 3.8) is 0 Å². The number of esters is 2. The number of rotatable bonds is 10. The van der Waals surface area contributed by atoms with Gasteiger partial charge in [-0.3, -0.25) is 9.10 Å². The van der Waals surface area contributed by atoms with Gasteiger partial charge in [0.25, 0.3) is 10.0 Å². The van der Waals surface area contributed by atoms with Crippen molar-refractivity contribution in [2.45, 2.75) is 4.90 Å². The topological polar surface area (TPSA) is 128 Å². The summed E-state index contributed by atoms with van der Waals surface area (Å²) in [6, 6.07) is 26.9. The van der Waals surface area contributed by atoms with E-state index in [2.05, 4.69) is 5.32 Å². The van der Waals surface area contributed by atoms with Crippen molar-refractivity contribution >= 4 is 39.2 Å². The van der Waals surface area contributed by atoms with Crippen molar-refractivity contribution in [2.75, 3.05) is 30.4 Å². The van der Waals surface area contributed by atoms with Crippen molar-refractivity contribution in [2.24, 2.45) is 0 Å². The van der Waals surface area contributed by atoms with Crippen LogP contribution in [0.1, 0.15) is 20.7 Å². The van der Waals surface area contributed by atoms with E-state index < -0.39 is 34.4 Å². The molecular formula is C30H26N2O8S. The smallest absolute Gasteiger partial charge is 0.337 e. The molecule has 41 heavy (non-hydrogen) atoms. The molecule has 0 aliphatic carbocycles. The van der Waals surface area contributed by atoms with E-state index in [9.17, 15) is 22.8 Å². The second kappa shape index (κ2) is 12.8. The van der Waals surface area contributed by atoms with Crippen molar-refractivity contribution in [1.29, 1.82) is 0 Å². The van der Waals surface area contributed by atoms with Crippen LogP contribution in [0.3, 0.4) is 0 Å². The molecule has 210 valence electrons. The number of nitrogens with one attached hydrogen (secondary N) is 1. The summed E-state index contributed by atoms with van der Waals surface area (Å²) in [7, 11) is -1.83. The number of hydrogen-bond acceptors (Lipinski definition) is 8. The maximum absolute atomic E-state index is 13.7. The molecule has 0 aliphatic heterocycles. The van der Waals surface area contributed by atoms with Gasteiger partial charge in [-0.1, -0.05) is 36.4 Å². The van der Waals surface area contributed by atoms with E-state index in [-0.39, 0.29) is 27.4 Å². The lowest BCUT2D eigenvalue weighted by atomic mass is 10.1. The van der Waals surface area contributed by atoms with Crippen LogP contribution >= 0.6 is 0 Å². The van der Waals surface area contributed by atoms with E-state index in [1.165, 1.54) is 56.7 Å². The molecule has 0 aromatic heterocycles. The second-order valence-corrected chi connectivity index (χ2v) is 10.4. The second-order valence-electron chi connectivity index (χ2n) is 8.56. The van der Waals surface area contributed by atoms with Crippen molar-refractivity contribution in [3.8, 4) is 11.5 Å². The van der Waals surface area contributed by atoms with Crippen molar-refractivity contribution < 1.29 is 37.0 Å². The lowest BCUT2D eigenvalue weighted by Gasteiger charge is -2.24. The highest BCUT2D eigenvalue weighted by Gasteiger charge is 2.27. The molecule has 11 heteroatoms. The fraction of sp³-hybridized carbons (Fsp3) is 0.100. The molecule has 0 bridgehead atoms. The number of ether oxygens (including phenoxy) is 3. The zero-order valence-corrected chi connectivity index (χ0v) is 23.0. The average molecular weight is 575 g/mol. The summed E-state index contributed by atoms with van der Waals surface area (Å²) in [6.45, 7) is -0.619. The third-order valence-electron chi connectivity index (χ3n) is 5.78. The van der Waals surface area contributed by atoms with Gasteiger partial charge >= 0.3 is 11.9 Å². The summed E-state index contributed by atoms with van der Waals surface area (Å²) in [4.78, 5) is 37.4. The number of para-hydroxylation sites is 1. The van der Waals surface area contributed by atoms with E-state index >= 15 is 0 Å². The molecule has 0 aliphatic rings. The molecule has 1 amide bonds. The number of carbonyl (C=O) groups is 3. The van der Waals surface area contributed by atoms with E-state index in [0.29, 0.717) is 11.5 Å². The predicted octanol–water partition coefficient (Wildman–Crippen LogP) is 4.89. The highest BCUT2D eigenvalue weighted by molar-refractivity contribution is 7.92. The first-order valence-electron chi connectivity index (χ1n) is 12.2. The molecule has 0 heterocycles. The Kier molecular flexibility index (Phi) is 9.00. The number of sulfonamides is 1. The predicted molar refractivity (Wildman–Crippen MR) is 152 cm³/mol. The molecule has 4 rings (SSSR count). The first kappa shape index (κ1) is 28.8. The quantitative estimate of drug-likeness (QED) is 0.265. The molecule has 0 atom stereocenters. The molecule has 0 radical (unpaired) electrons. The highest BCUT2D eigenvalue weighted by atomic mass is 32.2. The molecule has 0 fully saturated rings. The maximum atomic E-state index is 13.7. The van der Waals surface area contributed by atoms with E-state index in [4.69, 9.17) is 14.2 Å². The monoisotopic (exact) mass is 574 g/mol. The fourth-order valence-electron chi connectivity index (χ4n) is 3.84. The Labute approximate surface area is 237 Å². The first-order chi connectivity index (χ1) is 19.7. The van der Waals surface area contributed by atoms with Gasteiger partial charge < -0.3 is 19.5 Å². The van der Waals surface area contributed by atoms with Crippen LogP contribution in [0.25, 0.3) is 0 Å². The van der Waals surface area contributed by atoms with Gasteiger partial charge in [0.2, 0.25) is 5.91 Å². The zero-order valence-electron chi connectivity index (χ0n) is 22.1. The van der Waals surface area contributed by atoms with E-state index in [1.807, 2.05) is 18.2 Å². The van der Waals surface area contributed by atoms with Crippen LogP contribution in [0.15, 0.2) is 108 Å².